The lowest BCUT2D eigenvalue weighted by Crippen LogP contribution is -2.43. The van der Waals surface area contributed by atoms with Crippen molar-refractivity contribution in [1.29, 1.82) is 0 Å². The lowest BCUT2D eigenvalue weighted by Gasteiger charge is -2.43. The van der Waals surface area contributed by atoms with Crippen molar-refractivity contribution in [2.24, 2.45) is 5.41 Å². The molecule has 0 saturated carbocycles. The van der Waals surface area contributed by atoms with Crippen molar-refractivity contribution in [2.75, 3.05) is 12.0 Å². The summed E-state index contributed by atoms with van der Waals surface area (Å²) < 4.78 is 5.34. The summed E-state index contributed by atoms with van der Waals surface area (Å²) in [6, 6.07) is 13.8. The van der Waals surface area contributed by atoms with Crippen LogP contribution in [0.1, 0.15) is 54.9 Å². The number of hydrogen-bond acceptors (Lipinski definition) is 4. The molecular formula is C25H25NO5. The van der Waals surface area contributed by atoms with E-state index in [9.17, 15) is 19.5 Å². The van der Waals surface area contributed by atoms with Crippen LogP contribution in [0.5, 0.6) is 5.75 Å². The molecule has 6 heteroatoms. The number of amides is 1. The van der Waals surface area contributed by atoms with Crippen LogP contribution in [0.2, 0.25) is 0 Å². The molecular weight excluding hydrogens is 394 g/mol. The molecule has 4 rings (SSSR count). The highest BCUT2D eigenvalue weighted by atomic mass is 16.5. The Hall–Kier alpha value is -3.41. The smallest absolute Gasteiger partial charge is 0.335 e. The average Bonchev–Trinajstić information content (AvgIpc) is 2.72. The monoisotopic (exact) mass is 419 g/mol. The van der Waals surface area contributed by atoms with E-state index in [-0.39, 0.29) is 35.0 Å². The molecule has 2 aliphatic rings. The molecule has 0 saturated heterocycles. The first kappa shape index (κ1) is 20.8. The summed E-state index contributed by atoms with van der Waals surface area (Å²) in [6.07, 6.45) is 1.09. The minimum absolute atomic E-state index is 0.0333. The van der Waals surface area contributed by atoms with Gasteiger partial charge in [0.2, 0.25) is 5.91 Å². The zero-order chi connectivity index (χ0) is 22.3. The van der Waals surface area contributed by atoms with Crippen LogP contribution in [-0.4, -0.2) is 29.9 Å². The lowest BCUT2D eigenvalue weighted by atomic mass is 9.69. The van der Waals surface area contributed by atoms with E-state index in [1.54, 1.807) is 24.1 Å². The lowest BCUT2D eigenvalue weighted by molar-refractivity contribution is -0.121. The molecule has 0 bridgehead atoms. The molecule has 0 aromatic heterocycles. The van der Waals surface area contributed by atoms with Gasteiger partial charge in [0, 0.05) is 35.7 Å². The van der Waals surface area contributed by atoms with Gasteiger partial charge in [0.1, 0.15) is 5.75 Å². The van der Waals surface area contributed by atoms with Crippen LogP contribution in [0.15, 0.2) is 59.8 Å². The summed E-state index contributed by atoms with van der Waals surface area (Å²) in [5, 5.41) is 9.39. The van der Waals surface area contributed by atoms with Gasteiger partial charge in [-0.15, -0.1) is 0 Å². The fourth-order valence-corrected chi connectivity index (χ4v) is 4.64. The number of allylic oxidation sites excluding steroid dienone is 2. The number of carbonyl (C=O) groups excluding carboxylic acids is 2. The number of carboxylic acids is 1. The Balaban J connectivity index is 1.89. The number of hydrogen-bond donors (Lipinski definition) is 1. The number of nitrogens with zero attached hydrogens (tertiary/aromatic N) is 1. The van der Waals surface area contributed by atoms with E-state index in [0.29, 0.717) is 35.5 Å². The second-order valence-electron chi connectivity index (χ2n) is 8.92. The van der Waals surface area contributed by atoms with Crippen LogP contribution in [0.3, 0.4) is 0 Å². The second kappa shape index (κ2) is 7.69. The molecule has 2 aromatic rings. The van der Waals surface area contributed by atoms with E-state index in [1.807, 2.05) is 38.1 Å². The summed E-state index contributed by atoms with van der Waals surface area (Å²) in [6.45, 7) is 4.03. The predicted molar refractivity (Wildman–Crippen MR) is 116 cm³/mol. The first-order chi connectivity index (χ1) is 14.7. The first-order valence-corrected chi connectivity index (χ1v) is 10.3. The van der Waals surface area contributed by atoms with Crippen LogP contribution in [0.25, 0.3) is 0 Å². The number of Topliss-reactive ketones (excluding diaryl/α,β-unsaturated/α-hetero) is 1. The molecule has 0 radical (unpaired) electrons. The number of anilines is 1. The molecule has 1 aliphatic carbocycles. The quantitative estimate of drug-likeness (QED) is 0.786. The molecule has 0 fully saturated rings. The van der Waals surface area contributed by atoms with E-state index in [0.717, 1.165) is 5.56 Å². The van der Waals surface area contributed by atoms with E-state index in [1.165, 1.54) is 12.1 Å². The second-order valence-corrected chi connectivity index (χ2v) is 8.92. The Morgan fingerprint density at radius 1 is 1.10 bits per heavy atom. The first-order valence-electron chi connectivity index (χ1n) is 10.3. The summed E-state index contributed by atoms with van der Waals surface area (Å²) in [7, 11) is 1.58. The maximum absolute atomic E-state index is 13.4. The molecule has 1 atom stereocenters. The Kier molecular flexibility index (Phi) is 5.17. The standard InChI is InChI=1S/C25H25NO5/c1-25(2)13-20-23(21(27)14-25)19(15-6-5-9-18(11-15)31-3)12-22(28)26(20)17-8-4-7-16(10-17)24(29)30/h4-11,19H,12-14H2,1-3H3,(H,29,30). The van der Waals surface area contributed by atoms with Gasteiger partial charge in [-0.1, -0.05) is 32.0 Å². The zero-order valence-corrected chi connectivity index (χ0v) is 17.8. The third kappa shape index (κ3) is 3.85. The SMILES string of the molecule is COc1cccc(C2CC(=O)N(c3cccc(C(=O)O)c3)C3=C2C(=O)CC(C)(C)C3)c1. The molecule has 1 heterocycles. The van der Waals surface area contributed by atoms with Gasteiger partial charge in [0.05, 0.1) is 12.7 Å². The van der Waals surface area contributed by atoms with E-state index < -0.39 is 5.97 Å². The van der Waals surface area contributed by atoms with Crippen LogP contribution in [0, 0.1) is 5.41 Å². The maximum Gasteiger partial charge on any atom is 0.335 e. The van der Waals surface area contributed by atoms with Crippen LogP contribution < -0.4 is 9.64 Å². The summed E-state index contributed by atoms with van der Waals surface area (Å²) >= 11 is 0. The Labute approximate surface area is 181 Å². The van der Waals surface area contributed by atoms with Gasteiger partial charge >= 0.3 is 5.97 Å². The zero-order valence-electron chi connectivity index (χ0n) is 17.8. The van der Waals surface area contributed by atoms with Crippen LogP contribution in [0.4, 0.5) is 5.69 Å². The minimum atomic E-state index is -1.06. The predicted octanol–water partition coefficient (Wildman–Crippen LogP) is 4.56. The van der Waals surface area contributed by atoms with E-state index in [2.05, 4.69) is 0 Å². The Morgan fingerprint density at radius 2 is 1.84 bits per heavy atom. The summed E-state index contributed by atoms with van der Waals surface area (Å²) in [5.41, 5.74) is 2.47. The number of methoxy groups -OCH3 is 1. The number of ether oxygens (including phenoxy) is 1. The van der Waals surface area contributed by atoms with Crippen molar-refractivity contribution in [3.8, 4) is 5.75 Å². The number of ketones is 1. The van der Waals surface area contributed by atoms with Gasteiger partial charge in [-0.05, 0) is 47.7 Å². The van der Waals surface area contributed by atoms with Crippen molar-refractivity contribution < 1.29 is 24.2 Å². The maximum atomic E-state index is 13.4. The molecule has 31 heavy (non-hydrogen) atoms. The van der Waals surface area contributed by atoms with Gasteiger partial charge < -0.3 is 9.84 Å². The largest absolute Gasteiger partial charge is 0.497 e. The van der Waals surface area contributed by atoms with Gasteiger partial charge in [-0.3, -0.25) is 14.5 Å². The van der Waals surface area contributed by atoms with Crippen molar-refractivity contribution in [3.63, 3.8) is 0 Å². The highest BCUT2D eigenvalue weighted by Gasteiger charge is 2.44. The van der Waals surface area contributed by atoms with Gasteiger partial charge in [0.15, 0.2) is 5.78 Å². The topological polar surface area (TPSA) is 83.9 Å². The molecule has 1 amide bonds. The number of carboxylic acid groups (broad SMARTS) is 1. The van der Waals surface area contributed by atoms with Gasteiger partial charge in [-0.25, -0.2) is 4.79 Å². The van der Waals surface area contributed by atoms with E-state index >= 15 is 0 Å². The van der Waals surface area contributed by atoms with E-state index in [4.69, 9.17) is 4.74 Å². The number of aromatic carboxylic acids is 1. The molecule has 0 spiro atoms. The third-order valence-electron chi connectivity index (χ3n) is 5.99. The van der Waals surface area contributed by atoms with Gasteiger partial charge in [-0.2, -0.15) is 0 Å². The fraction of sp³-hybridized carbons (Fsp3) is 0.320. The van der Waals surface area contributed by atoms with Crippen molar-refractivity contribution in [3.05, 3.63) is 70.9 Å². The highest BCUT2D eigenvalue weighted by molar-refractivity contribution is 6.08. The number of benzene rings is 2. The number of rotatable bonds is 4. The molecule has 1 unspecified atom stereocenters. The van der Waals surface area contributed by atoms with Crippen LogP contribution >= 0.6 is 0 Å². The van der Waals surface area contributed by atoms with Crippen LogP contribution in [-0.2, 0) is 9.59 Å². The highest BCUT2D eigenvalue weighted by Crippen LogP contribution is 2.48. The molecule has 1 N–H and O–H groups in total. The molecule has 160 valence electrons. The molecule has 2 aromatic carbocycles. The summed E-state index contributed by atoms with van der Waals surface area (Å²) in [5.74, 6) is -0.854. The van der Waals surface area contributed by atoms with Crippen molar-refractivity contribution in [1.82, 2.24) is 0 Å². The average molecular weight is 419 g/mol. The molecule has 6 nitrogen and oxygen atoms in total. The fourth-order valence-electron chi connectivity index (χ4n) is 4.64. The Bertz CT molecular complexity index is 1110. The molecule has 1 aliphatic heterocycles. The summed E-state index contributed by atoms with van der Waals surface area (Å²) in [4.78, 5) is 39.7. The minimum Gasteiger partial charge on any atom is -0.497 e. The number of carbonyl (C=O) groups is 3. The third-order valence-corrected chi connectivity index (χ3v) is 5.99. The Morgan fingerprint density at radius 3 is 2.55 bits per heavy atom. The van der Waals surface area contributed by atoms with Gasteiger partial charge in [0.25, 0.3) is 0 Å². The van der Waals surface area contributed by atoms with Crippen molar-refractivity contribution in [2.45, 2.75) is 39.0 Å². The normalized spacial score (nSPS) is 20.5. The van der Waals surface area contributed by atoms with Crippen molar-refractivity contribution >= 4 is 23.3 Å².